The van der Waals surface area contributed by atoms with Crippen molar-refractivity contribution in [1.29, 1.82) is 0 Å². The normalized spacial score (nSPS) is 12.0. The summed E-state index contributed by atoms with van der Waals surface area (Å²) in [5, 5.41) is 20.0. The van der Waals surface area contributed by atoms with E-state index < -0.39 is 34.5 Å². The Labute approximate surface area is 204 Å². The second-order valence-electron chi connectivity index (χ2n) is 8.10. The number of nitrogens with zero attached hydrogens (tertiary/aromatic N) is 2. The van der Waals surface area contributed by atoms with Crippen LogP contribution in [0.1, 0.15) is 18.9 Å². The molecule has 0 unspecified atom stereocenters. The van der Waals surface area contributed by atoms with Crippen molar-refractivity contribution in [3.63, 3.8) is 0 Å². The lowest BCUT2D eigenvalue weighted by Crippen LogP contribution is -2.37. The van der Waals surface area contributed by atoms with Gasteiger partial charge >= 0.3 is 11.9 Å². The number of rotatable bonds is 10. The predicted molar refractivity (Wildman–Crippen MR) is 135 cm³/mol. The van der Waals surface area contributed by atoms with Gasteiger partial charge < -0.3 is 15.1 Å². The maximum Gasteiger partial charge on any atom is 0.324 e. The van der Waals surface area contributed by atoms with Gasteiger partial charge in [0.25, 0.3) is 10.0 Å². The maximum atomic E-state index is 13.6. The average Bonchev–Trinajstić information content (AvgIpc) is 2.80. The van der Waals surface area contributed by atoms with Gasteiger partial charge in [0.1, 0.15) is 6.54 Å². The minimum absolute atomic E-state index is 0.0125. The first kappa shape index (κ1) is 25.6. The molecule has 3 aromatic rings. The molecule has 0 aliphatic carbocycles. The summed E-state index contributed by atoms with van der Waals surface area (Å²) in [4.78, 5) is 24.8. The van der Waals surface area contributed by atoms with Crippen molar-refractivity contribution in [2.75, 3.05) is 22.3 Å². The Morgan fingerprint density at radius 3 is 2.09 bits per heavy atom. The molecule has 1 atom stereocenters. The van der Waals surface area contributed by atoms with E-state index in [0.717, 1.165) is 4.31 Å². The van der Waals surface area contributed by atoms with Crippen LogP contribution in [-0.4, -0.2) is 49.7 Å². The van der Waals surface area contributed by atoms with E-state index in [1.807, 2.05) is 0 Å². The highest BCUT2D eigenvalue weighted by atomic mass is 32.2. The number of carboxylic acid groups (broad SMARTS) is 2. The summed E-state index contributed by atoms with van der Waals surface area (Å²) in [7, 11) is -4.22. The van der Waals surface area contributed by atoms with Crippen molar-refractivity contribution in [2.24, 2.45) is 0 Å². The van der Waals surface area contributed by atoms with Crippen LogP contribution in [0.4, 0.5) is 11.4 Å². The molecule has 0 heterocycles. The van der Waals surface area contributed by atoms with Gasteiger partial charge in [0, 0.05) is 22.5 Å². The van der Waals surface area contributed by atoms with Gasteiger partial charge in [-0.15, -0.1) is 6.42 Å². The smallest absolute Gasteiger partial charge is 0.324 e. The number of carbonyl (C=O) groups is 2. The fraction of sp³-hybridized carbons (Fsp3) is 0.231. The third-order valence-corrected chi connectivity index (χ3v) is 7.58. The molecule has 8 nitrogen and oxygen atoms in total. The number of carboxylic acids is 2. The highest BCUT2D eigenvalue weighted by Crippen LogP contribution is 2.37. The third kappa shape index (κ3) is 5.39. The molecule has 0 bridgehead atoms. The molecule has 0 aliphatic rings. The molecule has 0 saturated heterocycles. The van der Waals surface area contributed by atoms with Crippen LogP contribution in [0.5, 0.6) is 0 Å². The Kier molecular flexibility index (Phi) is 7.67. The minimum atomic E-state index is -4.22. The maximum absolute atomic E-state index is 13.6. The van der Waals surface area contributed by atoms with Gasteiger partial charge in [0.2, 0.25) is 0 Å². The van der Waals surface area contributed by atoms with Crippen LogP contribution in [-0.2, 0) is 19.6 Å². The number of terminal acetylenes is 1. The number of sulfonamides is 1. The summed E-state index contributed by atoms with van der Waals surface area (Å²) < 4.78 is 28.2. The van der Waals surface area contributed by atoms with E-state index in [1.165, 1.54) is 12.1 Å². The summed E-state index contributed by atoms with van der Waals surface area (Å²) in [6.07, 6.45) is 5.41. The van der Waals surface area contributed by atoms with Gasteiger partial charge in [-0.3, -0.25) is 13.9 Å². The molecular weight excluding hydrogens is 468 g/mol. The molecule has 35 heavy (non-hydrogen) atoms. The lowest BCUT2D eigenvalue weighted by atomic mass is 10.0. The summed E-state index contributed by atoms with van der Waals surface area (Å²) >= 11 is 0. The van der Waals surface area contributed by atoms with E-state index in [2.05, 4.69) is 5.92 Å². The van der Waals surface area contributed by atoms with Crippen LogP contribution in [0.3, 0.4) is 0 Å². The molecule has 3 rings (SSSR count). The Bertz CT molecular complexity index is 1410. The quantitative estimate of drug-likeness (QED) is 0.413. The van der Waals surface area contributed by atoms with Crippen LogP contribution < -0.4 is 9.21 Å². The Morgan fingerprint density at radius 2 is 1.51 bits per heavy atom. The van der Waals surface area contributed by atoms with Crippen LogP contribution in [0.15, 0.2) is 65.6 Å². The molecule has 2 N–H and O–H groups in total. The van der Waals surface area contributed by atoms with Crippen LogP contribution >= 0.6 is 0 Å². The summed E-state index contributed by atoms with van der Waals surface area (Å²) in [6.45, 7) is 2.75. The van der Waals surface area contributed by atoms with Gasteiger partial charge in [0.05, 0.1) is 23.5 Å². The molecule has 0 fully saturated rings. The van der Waals surface area contributed by atoms with Crippen molar-refractivity contribution < 1.29 is 28.2 Å². The van der Waals surface area contributed by atoms with Crippen molar-refractivity contribution in [2.45, 2.75) is 31.2 Å². The molecule has 0 amide bonds. The van der Waals surface area contributed by atoms with E-state index in [9.17, 15) is 28.2 Å². The van der Waals surface area contributed by atoms with Gasteiger partial charge in [-0.05, 0) is 37.6 Å². The number of aliphatic carboxylic acids is 2. The molecule has 0 aliphatic heterocycles. The van der Waals surface area contributed by atoms with E-state index in [-0.39, 0.29) is 23.5 Å². The van der Waals surface area contributed by atoms with Crippen LogP contribution in [0, 0.1) is 19.3 Å². The number of hydrogen-bond donors (Lipinski definition) is 2. The monoisotopic (exact) mass is 494 g/mol. The summed E-state index contributed by atoms with van der Waals surface area (Å²) in [5.41, 5.74) is 1.31. The predicted octanol–water partition coefficient (Wildman–Crippen LogP) is 3.73. The molecular formula is C26H26N2O6S. The number of aryl methyl sites for hydroxylation is 1. The first-order valence-corrected chi connectivity index (χ1v) is 12.3. The summed E-state index contributed by atoms with van der Waals surface area (Å²) in [5.74, 6) is 0.269. The second kappa shape index (κ2) is 10.5. The zero-order valence-corrected chi connectivity index (χ0v) is 20.2. The second-order valence-corrected chi connectivity index (χ2v) is 9.93. The van der Waals surface area contributed by atoms with Gasteiger partial charge in [-0.1, -0.05) is 48.4 Å². The molecule has 0 radical (unpaired) electrons. The van der Waals surface area contributed by atoms with Crippen LogP contribution in [0.2, 0.25) is 0 Å². The lowest BCUT2D eigenvalue weighted by molar-refractivity contribution is -0.137. The molecule has 0 saturated carbocycles. The zero-order chi connectivity index (χ0) is 25.8. The Balaban J connectivity index is 2.25. The molecule has 0 spiro atoms. The minimum Gasteiger partial charge on any atom is -0.481 e. The highest BCUT2D eigenvalue weighted by Gasteiger charge is 2.30. The van der Waals surface area contributed by atoms with Crippen molar-refractivity contribution in [3.05, 3.63) is 66.2 Å². The van der Waals surface area contributed by atoms with E-state index >= 15 is 0 Å². The van der Waals surface area contributed by atoms with Crippen molar-refractivity contribution >= 4 is 44.1 Å². The molecule has 182 valence electrons. The van der Waals surface area contributed by atoms with Crippen LogP contribution in [0.25, 0.3) is 10.8 Å². The highest BCUT2D eigenvalue weighted by molar-refractivity contribution is 7.93. The first-order chi connectivity index (χ1) is 16.6. The van der Waals surface area contributed by atoms with Gasteiger partial charge in [-0.2, -0.15) is 0 Å². The number of anilines is 2. The number of fused-ring (bicyclic) bond motifs is 1. The summed E-state index contributed by atoms with van der Waals surface area (Å²) in [6, 6.07) is 16.1. The topological polar surface area (TPSA) is 115 Å². The van der Waals surface area contributed by atoms with E-state index in [4.69, 9.17) is 6.42 Å². The average molecular weight is 495 g/mol. The number of hydrogen-bond acceptors (Lipinski definition) is 5. The first-order valence-electron chi connectivity index (χ1n) is 10.8. The molecule has 3 aromatic carbocycles. The number of benzene rings is 3. The van der Waals surface area contributed by atoms with Gasteiger partial charge in [-0.25, -0.2) is 8.42 Å². The largest absolute Gasteiger partial charge is 0.481 e. The van der Waals surface area contributed by atoms with Crippen molar-refractivity contribution in [1.82, 2.24) is 0 Å². The van der Waals surface area contributed by atoms with E-state index in [0.29, 0.717) is 22.0 Å². The standard InChI is InChI=1S/C26H26N2O6S/c1-4-15-27(19(3)16-25(29)30)22-13-14-23(21-11-7-6-10-20(21)22)28(17-26(31)32)35(33,34)24-12-8-5-9-18(24)2/h1,5-14,19H,15-17H2,2-3H3,(H,29,30)(H,31,32)/t19-/m0/s1. The fourth-order valence-corrected chi connectivity index (χ4v) is 5.72. The fourth-order valence-electron chi connectivity index (χ4n) is 4.06. The SMILES string of the molecule is C#CCN(c1ccc(N(CC(=O)O)S(=O)(=O)c2ccccc2C)c2ccccc12)[C@@H](C)CC(=O)O. The van der Waals surface area contributed by atoms with Gasteiger partial charge in [0.15, 0.2) is 0 Å². The van der Waals surface area contributed by atoms with Crippen molar-refractivity contribution in [3.8, 4) is 12.3 Å². The molecule has 0 aromatic heterocycles. The Morgan fingerprint density at radius 1 is 0.943 bits per heavy atom. The molecule has 9 heteroatoms. The third-order valence-electron chi connectivity index (χ3n) is 5.66. The Hall–Kier alpha value is -4.03. The lowest BCUT2D eigenvalue weighted by Gasteiger charge is -2.31. The zero-order valence-electron chi connectivity index (χ0n) is 19.4. The van der Waals surface area contributed by atoms with E-state index in [1.54, 1.807) is 67.3 Å².